The van der Waals surface area contributed by atoms with Crippen LogP contribution in [0.25, 0.3) is 0 Å². The minimum Gasteiger partial charge on any atom is -0.497 e. The van der Waals surface area contributed by atoms with Gasteiger partial charge < -0.3 is 25.0 Å². The van der Waals surface area contributed by atoms with Crippen molar-refractivity contribution in [1.29, 1.82) is 0 Å². The van der Waals surface area contributed by atoms with Crippen LogP contribution in [0.5, 0.6) is 11.5 Å². The van der Waals surface area contributed by atoms with Crippen molar-refractivity contribution in [3.05, 3.63) is 53.1 Å². The van der Waals surface area contributed by atoms with Crippen LogP contribution in [0.3, 0.4) is 0 Å². The Morgan fingerprint density at radius 2 is 1.76 bits per heavy atom. The van der Waals surface area contributed by atoms with Gasteiger partial charge in [0.15, 0.2) is 5.96 Å². The minimum absolute atomic E-state index is 0.371. The van der Waals surface area contributed by atoms with Crippen LogP contribution in [0.15, 0.2) is 47.5 Å². The molecule has 0 unspecified atom stereocenters. The Bertz CT molecular complexity index is 813. The van der Waals surface area contributed by atoms with Crippen molar-refractivity contribution in [2.45, 2.75) is 25.4 Å². The zero-order valence-corrected chi connectivity index (χ0v) is 18.0. The van der Waals surface area contributed by atoms with Crippen LogP contribution >= 0.6 is 11.6 Å². The first-order chi connectivity index (χ1) is 14.1. The maximum atomic E-state index is 6.24. The van der Waals surface area contributed by atoms with Crippen molar-refractivity contribution < 1.29 is 9.47 Å². The van der Waals surface area contributed by atoms with Gasteiger partial charge in [-0.1, -0.05) is 29.8 Å². The van der Waals surface area contributed by atoms with Crippen LogP contribution in [-0.2, 0) is 6.54 Å². The molecule has 7 heteroatoms. The van der Waals surface area contributed by atoms with E-state index in [0.29, 0.717) is 12.6 Å². The SMILES string of the molecule is CN=C(NCc1ccccc1Cl)NC1CCN(c2cc(OC)cc(OC)c2)CC1. The average molecular weight is 417 g/mol. The molecule has 1 aliphatic rings. The van der Waals surface area contributed by atoms with Crippen molar-refractivity contribution in [2.24, 2.45) is 4.99 Å². The van der Waals surface area contributed by atoms with Crippen molar-refractivity contribution >= 4 is 23.2 Å². The average Bonchev–Trinajstić information content (AvgIpc) is 2.77. The zero-order chi connectivity index (χ0) is 20.6. The van der Waals surface area contributed by atoms with Gasteiger partial charge in [-0.2, -0.15) is 0 Å². The van der Waals surface area contributed by atoms with Gasteiger partial charge in [-0.25, -0.2) is 0 Å². The monoisotopic (exact) mass is 416 g/mol. The number of nitrogens with zero attached hydrogens (tertiary/aromatic N) is 2. The van der Waals surface area contributed by atoms with Gasteiger partial charge >= 0.3 is 0 Å². The largest absolute Gasteiger partial charge is 0.497 e. The number of halogens is 1. The Morgan fingerprint density at radius 3 is 2.34 bits per heavy atom. The number of methoxy groups -OCH3 is 2. The molecule has 29 heavy (non-hydrogen) atoms. The second-order valence-electron chi connectivity index (χ2n) is 6.99. The number of ether oxygens (including phenoxy) is 2. The van der Waals surface area contributed by atoms with Gasteiger partial charge in [-0.3, -0.25) is 4.99 Å². The summed E-state index contributed by atoms with van der Waals surface area (Å²) in [5, 5.41) is 7.65. The molecule has 156 valence electrons. The zero-order valence-electron chi connectivity index (χ0n) is 17.2. The molecule has 1 fully saturated rings. The number of hydrogen-bond acceptors (Lipinski definition) is 4. The standard InChI is InChI=1S/C22H29ClN4O2/c1-24-22(25-15-16-6-4-5-7-21(16)23)26-17-8-10-27(11-9-17)18-12-19(28-2)14-20(13-18)29-3/h4-7,12-14,17H,8-11,15H2,1-3H3,(H2,24,25,26). The van der Waals surface area contributed by atoms with E-state index >= 15 is 0 Å². The number of anilines is 1. The Morgan fingerprint density at radius 1 is 1.10 bits per heavy atom. The third-order valence-electron chi connectivity index (χ3n) is 5.16. The molecule has 0 atom stereocenters. The van der Waals surface area contributed by atoms with Crippen LogP contribution < -0.4 is 25.0 Å². The summed E-state index contributed by atoms with van der Waals surface area (Å²) in [5.74, 6) is 2.42. The lowest BCUT2D eigenvalue weighted by atomic mass is 10.0. The van der Waals surface area contributed by atoms with Crippen LogP contribution in [0.1, 0.15) is 18.4 Å². The molecule has 0 bridgehead atoms. The molecule has 1 heterocycles. The third kappa shape index (κ3) is 5.70. The molecule has 1 saturated heterocycles. The highest BCUT2D eigenvalue weighted by atomic mass is 35.5. The van der Waals surface area contributed by atoms with E-state index in [1.54, 1.807) is 21.3 Å². The topological polar surface area (TPSA) is 58.1 Å². The molecule has 0 spiro atoms. The predicted molar refractivity (Wildman–Crippen MR) is 120 cm³/mol. The van der Waals surface area contributed by atoms with Gasteiger partial charge in [0.2, 0.25) is 0 Å². The number of hydrogen-bond donors (Lipinski definition) is 2. The van der Waals surface area contributed by atoms with E-state index < -0.39 is 0 Å². The van der Waals surface area contributed by atoms with Crippen LogP contribution in [0, 0.1) is 0 Å². The quantitative estimate of drug-likeness (QED) is 0.555. The lowest BCUT2D eigenvalue weighted by molar-refractivity contribution is 0.393. The summed E-state index contributed by atoms with van der Waals surface area (Å²) in [6.07, 6.45) is 2.04. The fourth-order valence-corrected chi connectivity index (χ4v) is 3.67. The molecule has 0 radical (unpaired) electrons. The Hall–Kier alpha value is -2.60. The van der Waals surface area contributed by atoms with E-state index in [1.807, 2.05) is 30.3 Å². The maximum absolute atomic E-state index is 6.24. The van der Waals surface area contributed by atoms with Crippen LogP contribution in [0.4, 0.5) is 5.69 Å². The van der Waals surface area contributed by atoms with Gasteiger partial charge in [0, 0.05) is 61.6 Å². The first kappa shape index (κ1) is 21.1. The molecule has 2 N–H and O–H groups in total. The highest BCUT2D eigenvalue weighted by Crippen LogP contribution is 2.30. The Kier molecular flexibility index (Phi) is 7.47. The molecule has 2 aromatic rings. The molecule has 1 aliphatic heterocycles. The van der Waals surface area contributed by atoms with Crippen molar-refractivity contribution in [3.63, 3.8) is 0 Å². The summed E-state index contributed by atoms with van der Waals surface area (Å²) < 4.78 is 10.8. The number of nitrogens with one attached hydrogen (secondary N) is 2. The van der Waals surface area contributed by atoms with Gasteiger partial charge in [0.25, 0.3) is 0 Å². The van der Waals surface area contributed by atoms with Crippen LogP contribution in [0.2, 0.25) is 5.02 Å². The molecule has 2 aromatic carbocycles. The van der Waals surface area contributed by atoms with Gasteiger partial charge in [-0.05, 0) is 24.5 Å². The second-order valence-corrected chi connectivity index (χ2v) is 7.40. The number of rotatable bonds is 6. The number of guanidine groups is 1. The molecule has 0 amide bonds. The maximum Gasteiger partial charge on any atom is 0.191 e. The molecule has 3 rings (SSSR count). The third-order valence-corrected chi connectivity index (χ3v) is 5.53. The predicted octanol–water partition coefficient (Wildman–Crippen LogP) is 3.69. The van der Waals surface area contributed by atoms with E-state index in [9.17, 15) is 0 Å². The Balaban J connectivity index is 1.53. The fraction of sp³-hybridized carbons (Fsp3) is 0.409. The first-order valence-corrected chi connectivity index (χ1v) is 10.2. The van der Waals surface area contributed by atoms with Gasteiger partial charge in [-0.15, -0.1) is 0 Å². The highest BCUT2D eigenvalue weighted by molar-refractivity contribution is 6.31. The summed E-state index contributed by atoms with van der Waals surface area (Å²) in [6.45, 7) is 2.55. The van der Waals surface area contributed by atoms with Gasteiger partial charge in [0.1, 0.15) is 11.5 Å². The summed E-state index contributed by atoms with van der Waals surface area (Å²) in [4.78, 5) is 6.72. The molecular formula is C22H29ClN4O2. The lowest BCUT2D eigenvalue weighted by Crippen LogP contribution is -2.48. The van der Waals surface area contributed by atoms with E-state index in [0.717, 1.165) is 59.7 Å². The normalized spacial score (nSPS) is 15.2. The van der Waals surface area contributed by atoms with Crippen LogP contribution in [-0.4, -0.2) is 46.4 Å². The molecule has 6 nitrogen and oxygen atoms in total. The lowest BCUT2D eigenvalue weighted by Gasteiger charge is -2.34. The van der Waals surface area contributed by atoms with Gasteiger partial charge in [0.05, 0.1) is 14.2 Å². The molecule has 0 aromatic heterocycles. The Labute approximate surface area is 177 Å². The number of benzene rings is 2. The van der Waals surface area contributed by atoms with E-state index in [1.165, 1.54) is 0 Å². The van der Waals surface area contributed by atoms with Crippen molar-refractivity contribution in [2.75, 3.05) is 39.3 Å². The minimum atomic E-state index is 0.371. The molecule has 0 aliphatic carbocycles. The van der Waals surface area contributed by atoms with E-state index in [-0.39, 0.29) is 0 Å². The summed E-state index contributed by atoms with van der Waals surface area (Å²) in [6, 6.07) is 14.2. The smallest absolute Gasteiger partial charge is 0.191 e. The fourth-order valence-electron chi connectivity index (χ4n) is 3.47. The second kappa shape index (κ2) is 10.3. The first-order valence-electron chi connectivity index (χ1n) is 9.81. The van der Waals surface area contributed by atoms with Crippen molar-refractivity contribution in [3.8, 4) is 11.5 Å². The highest BCUT2D eigenvalue weighted by Gasteiger charge is 2.21. The van der Waals surface area contributed by atoms with E-state index in [2.05, 4.69) is 32.7 Å². The molecule has 0 saturated carbocycles. The van der Waals surface area contributed by atoms with Crippen molar-refractivity contribution in [1.82, 2.24) is 10.6 Å². The summed E-state index contributed by atoms with van der Waals surface area (Å²) >= 11 is 6.24. The van der Waals surface area contributed by atoms with E-state index in [4.69, 9.17) is 21.1 Å². The number of aliphatic imine (C=N–C) groups is 1. The molecular weight excluding hydrogens is 388 g/mol. The summed E-state index contributed by atoms with van der Waals surface area (Å²) in [7, 11) is 5.14. The number of piperidine rings is 1. The summed E-state index contributed by atoms with van der Waals surface area (Å²) in [5.41, 5.74) is 2.18.